The number of nitrogens with zero attached hydrogens (tertiary/aromatic N) is 1. The van der Waals surface area contributed by atoms with Crippen LogP contribution in [0.3, 0.4) is 0 Å². The van der Waals surface area contributed by atoms with Gasteiger partial charge in [0, 0.05) is 6.54 Å². The number of amides is 1. The summed E-state index contributed by atoms with van der Waals surface area (Å²) in [6.07, 6.45) is 0. The summed E-state index contributed by atoms with van der Waals surface area (Å²) in [7, 11) is 0. The standard InChI is InChI=1S/C13H21N3O/c1-9(2)7-16(8-12(14)17)11-6-4-5-10(3)13(11)15/h4-6,9H,7-8,15H2,1-3H3,(H2,14,17). The van der Waals surface area contributed by atoms with E-state index >= 15 is 0 Å². The molecular weight excluding hydrogens is 214 g/mol. The number of nitrogens with two attached hydrogens (primary N) is 2. The molecule has 0 heterocycles. The van der Waals surface area contributed by atoms with Crippen molar-refractivity contribution in [1.82, 2.24) is 0 Å². The van der Waals surface area contributed by atoms with E-state index in [0.29, 0.717) is 5.92 Å². The number of benzene rings is 1. The van der Waals surface area contributed by atoms with Gasteiger partial charge in [0.1, 0.15) is 0 Å². The molecule has 1 aromatic carbocycles. The SMILES string of the molecule is Cc1cccc(N(CC(N)=O)CC(C)C)c1N. The Hall–Kier alpha value is -1.71. The lowest BCUT2D eigenvalue weighted by Crippen LogP contribution is -2.36. The van der Waals surface area contributed by atoms with Gasteiger partial charge >= 0.3 is 0 Å². The van der Waals surface area contributed by atoms with Gasteiger partial charge in [-0.05, 0) is 24.5 Å². The van der Waals surface area contributed by atoms with Crippen LogP contribution in [0.5, 0.6) is 0 Å². The van der Waals surface area contributed by atoms with E-state index in [-0.39, 0.29) is 12.5 Å². The molecule has 1 aromatic rings. The molecule has 0 fully saturated rings. The van der Waals surface area contributed by atoms with E-state index in [9.17, 15) is 4.79 Å². The molecule has 1 amide bonds. The molecule has 0 aliphatic heterocycles. The van der Waals surface area contributed by atoms with Crippen LogP contribution >= 0.6 is 0 Å². The Balaban J connectivity index is 3.03. The quantitative estimate of drug-likeness (QED) is 0.760. The third-order valence-corrected chi connectivity index (χ3v) is 2.57. The van der Waals surface area contributed by atoms with Crippen molar-refractivity contribution in [2.75, 3.05) is 23.7 Å². The maximum atomic E-state index is 11.1. The number of hydrogen-bond donors (Lipinski definition) is 2. The first-order valence-corrected chi connectivity index (χ1v) is 5.80. The zero-order valence-corrected chi connectivity index (χ0v) is 10.7. The van der Waals surface area contributed by atoms with Crippen molar-refractivity contribution in [3.05, 3.63) is 23.8 Å². The lowest BCUT2D eigenvalue weighted by atomic mass is 10.1. The number of nitrogen functional groups attached to an aromatic ring is 1. The Kier molecular flexibility index (Phi) is 4.37. The first-order chi connectivity index (χ1) is 7.91. The maximum Gasteiger partial charge on any atom is 0.236 e. The number of para-hydroxylation sites is 1. The molecule has 4 nitrogen and oxygen atoms in total. The predicted molar refractivity (Wildman–Crippen MR) is 71.8 cm³/mol. The van der Waals surface area contributed by atoms with Gasteiger partial charge in [0.25, 0.3) is 0 Å². The van der Waals surface area contributed by atoms with Crippen LogP contribution in [0.2, 0.25) is 0 Å². The number of rotatable bonds is 5. The van der Waals surface area contributed by atoms with E-state index in [0.717, 1.165) is 23.5 Å². The Bertz CT molecular complexity index is 402. The predicted octanol–water partition coefficient (Wildman–Crippen LogP) is 1.52. The van der Waals surface area contributed by atoms with Gasteiger partial charge in [0.15, 0.2) is 0 Å². The van der Waals surface area contributed by atoms with Gasteiger partial charge in [-0.2, -0.15) is 0 Å². The van der Waals surface area contributed by atoms with E-state index in [2.05, 4.69) is 13.8 Å². The highest BCUT2D eigenvalue weighted by Crippen LogP contribution is 2.26. The molecule has 17 heavy (non-hydrogen) atoms. The second-order valence-corrected chi connectivity index (χ2v) is 4.75. The van der Waals surface area contributed by atoms with Crippen molar-refractivity contribution < 1.29 is 4.79 Å². The van der Waals surface area contributed by atoms with Gasteiger partial charge in [-0.15, -0.1) is 0 Å². The molecule has 0 aromatic heterocycles. The summed E-state index contributed by atoms with van der Waals surface area (Å²) in [6.45, 7) is 7.11. The highest BCUT2D eigenvalue weighted by Gasteiger charge is 2.14. The monoisotopic (exact) mass is 235 g/mol. The van der Waals surface area contributed by atoms with Crippen molar-refractivity contribution >= 4 is 17.3 Å². The second-order valence-electron chi connectivity index (χ2n) is 4.75. The summed E-state index contributed by atoms with van der Waals surface area (Å²) in [5.41, 5.74) is 13.9. The molecule has 0 unspecified atom stereocenters. The number of carbonyl (C=O) groups is 1. The molecule has 94 valence electrons. The topological polar surface area (TPSA) is 72.3 Å². The molecule has 0 saturated heterocycles. The first kappa shape index (κ1) is 13.4. The number of anilines is 2. The normalized spacial score (nSPS) is 10.6. The fourth-order valence-corrected chi connectivity index (χ4v) is 1.82. The van der Waals surface area contributed by atoms with E-state index in [1.165, 1.54) is 0 Å². The lowest BCUT2D eigenvalue weighted by Gasteiger charge is -2.27. The maximum absolute atomic E-state index is 11.1. The van der Waals surface area contributed by atoms with Gasteiger partial charge in [0.2, 0.25) is 5.91 Å². The van der Waals surface area contributed by atoms with E-state index in [1.807, 2.05) is 30.0 Å². The minimum absolute atomic E-state index is 0.200. The zero-order valence-electron chi connectivity index (χ0n) is 10.7. The summed E-state index contributed by atoms with van der Waals surface area (Å²) < 4.78 is 0. The Morgan fingerprint density at radius 1 is 1.41 bits per heavy atom. The van der Waals surface area contributed by atoms with Crippen molar-refractivity contribution in [3.8, 4) is 0 Å². The third kappa shape index (κ3) is 3.66. The second kappa shape index (κ2) is 5.57. The Labute approximate surface area is 103 Å². The molecule has 0 saturated carbocycles. The van der Waals surface area contributed by atoms with E-state index in [1.54, 1.807) is 0 Å². The van der Waals surface area contributed by atoms with Crippen molar-refractivity contribution in [2.24, 2.45) is 11.7 Å². The fraction of sp³-hybridized carbons (Fsp3) is 0.462. The smallest absolute Gasteiger partial charge is 0.236 e. The third-order valence-electron chi connectivity index (χ3n) is 2.57. The molecule has 0 aliphatic rings. The van der Waals surface area contributed by atoms with Gasteiger partial charge in [-0.1, -0.05) is 26.0 Å². The number of aryl methyl sites for hydroxylation is 1. The number of carbonyl (C=O) groups excluding carboxylic acids is 1. The summed E-state index contributed by atoms with van der Waals surface area (Å²) in [6, 6.07) is 5.82. The lowest BCUT2D eigenvalue weighted by molar-refractivity contribution is -0.116. The molecule has 0 spiro atoms. The van der Waals surface area contributed by atoms with Crippen molar-refractivity contribution in [1.29, 1.82) is 0 Å². The van der Waals surface area contributed by atoms with Crippen LogP contribution in [0.4, 0.5) is 11.4 Å². The van der Waals surface area contributed by atoms with Crippen molar-refractivity contribution in [2.45, 2.75) is 20.8 Å². The molecule has 1 rings (SSSR count). The Morgan fingerprint density at radius 3 is 2.59 bits per heavy atom. The molecule has 0 bridgehead atoms. The Morgan fingerprint density at radius 2 is 2.06 bits per heavy atom. The van der Waals surface area contributed by atoms with Crippen LogP contribution in [0.15, 0.2) is 18.2 Å². The highest BCUT2D eigenvalue weighted by molar-refractivity contribution is 5.82. The largest absolute Gasteiger partial charge is 0.397 e. The van der Waals surface area contributed by atoms with Gasteiger partial charge in [-0.3, -0.25) is 4.79 Å². The van der Waals surface area contributed by atoms with Crippen LogP contribution < -0.4 is 16.4 Å². The summed E-state index contributed by atoms with van der Waals surface area (Å²) >= 11 is 0. The molecule has 4 N–H and O–H groups in total. The minimum atomic E-state index is -0.341. The van der Waals surface area contributed by atoms with Gasteiger partial charge < -0.3 is 16.4 Å². The van der Waals surface area contributed by atoms with Crippen LogP contribution in [-0.2, 0) is 4.79 Å². The van der Waals surface area contributed by atoms with Gasteiger partial charge in [-0.25, -0.2) is 0 Å². The zero-order chi connectivity index (χ0) is 13.0. The van der Waals surface area contributed by atoms with E-state index in [4.69, 9.17) is 11.5 Å². The molecule has 0 aliphatic carbocycles. The molecular formula is C13H21N3O. The van der Waals surface area contributed by atoms with Gasteiger partial charge in [0.05, 0.1) is 17.9 Å². The fourth-order valence-electron chi connectivity index (χ4n) is 1.82. The van der Waals surface area contributed by atoms with Crippen molar-refractivity contribution in [3.63, 3.8) is 0 Å². The first-order valence-electron chi connectivity index (χ1n) is 5.80. The van der Waals surface area contributed by atoms with E-state index < -0.39 is 0 Å². The minimum Gasteiger partial charge on any atom is -0.397 e. The molecule has 0 atom stereocenters. The van der Waals surface area contributed by atoms with Crippen LogP contribution in [0, 0.1) is 12.8 Å². The average Bonchev–Trinajstić information content (AvgIpc) is 2.19. The average molecular weight is 235 g/mol. The summed E-state index contributed by atoms with van der Waals surface area (Å²) in [5.74, 6) is 0.0980. The van der Waals surface area contributed by atoms with Crippen LogP contribution in [0.25, 0.3) is 0 Å². The van der Waals surface area contributed by atoms with Crippen LogP contribution in [0.1, 0.15) is 19.4 Å². The molecule has 0 radical (unpaired) electrons. The number of hydrogen-bond acceptors (Lipinski definition) is 3. The molecule has 4 heteroatoms. The summed E-state index contributed by atoms with van der Waals surface area (Å²) in [4.78, 5) is 13.0. The van der Waals surface area contributed by atoms with Crippen LogP contribution in [-0.4, -0.2) is 19.0 Å². The summed E-state index contributed by atoms with van der Waals surface area (Å²) in [5, 5.41) is 0. The highest BCUT2D eigenvalue weighted by atomic mass is 16.1. The number of primary amides is 1.